The first-order chi connectivity index (χ1) is 27.8. The minimum absolute atomic E-state index is 0.0559. The number of carbonyl (C=O) groups is 4. The second-order valence-electron chi connectivity index (χ2n) is 16.8. The first-order valence-electron chi connectivity index (χ1n) is 20.1. The van der Waals surface area contributed by atoms with Gasteiger partial charge in [0.25, 0.3) is 5.91 Å². The number of amides is 4. The Morgan fingerprint density at radius 3 is 2.51 bits per heavy atom. The Kier molecular flexibility index (Phi) is 11.2. The smallest absolute Gasteiger partial charge is 0.411 e. The summed E-state index contributed by atoms with van der Waals surface area (Å²) >= 11 is 0. The van der Waals surface area contributed by atoms with Gasteiger partial charge in [-0.15, -0.1) is 0 Å². The molecule has 1 aromatic heterocycles. The van der Waals surface area contributed by atoms with Gasteiger partial charge in [0.1, 0.15) is 42.5 Å². The predicted octanol–water partition coefficient (Wildman–Crippen LogP) is 4.93. The Morgan fingerprint density at radius 1 is 1.10 bits per heavy atom. The van der Waals surface area contributed by atoms with Gasteiger partial charge in [0.15, 0.2) is 11.5 Å². The van der Waals surface area contributed by atoms with Crippen molar-refractivity contribution in [2.45, 2.75) is 120 Å². The zero-order chi connectivity index (χ0) is 42.7. The average molecular weight is 850 g/mol. The highest BCUT2D eigenvalue weighted by atomic mass is 32.2. The van der Waals surface area contributed by atoms with E-state index in [-0.39, 0.29) is 42.5 Å². The minimum atomic E-state index is -5.09. The van der Waals surface area contributed by atoms with E-state index in [1.54, 1.807) is 24.3 Å². The monoisotopic (exact) mass is 849 g/mol. The van der Waals surface area contributed by atoms with Crippen LogP contribution >= 0.6 is 0 Å². The van der Waals surface area contributed by atoms with Crippen LogP contribution in [0.5, 0.6) is 17.4 Å². The van der Waals surface area contributed by atoms with Crippen LogP contribution in [0.15, 0.2) is 36.5 Å². The molecular weight excluding hydrogens is 800 g/mol. The van der Waals surface area contributed by atoms with Gasteiger partial charge in [-0.25, -0.2) is 18.2 Å². The summed E-state index contributed by atoms with van der Waals surface area (Å²) in [5.41, 5.74) is -4.70. The van der Waals surface area contributed by atoms with Crippen molar-refractivity contribution in [2.75, 3.05) is 19.8 Å². The Hall–Kier alpha value is -4.81. The van der Waals surface area contributed by atoms with Crippen LogP contribution in [-0.4, -0.2) is 113 Å². The van der Waals surface area contributed by atoms with E-state index in [0.29, 0.717) is 61.2 Å². The molecule has 0 radical (unpaired) electrons. The summed E-state index contributed by atoms with van der Waals surface area (Å²) in [6.45, 7) is 5.64. The largest absolute Gasteiger partial charge is 0.486 e. The van der Waals surface area contributed by atoms with Gasteiger partial charge in [0.2, 0.25) is 27.7 Å². The van der Waals surface area contributed by atoms with Crippen LogP contribution in [0.3, 0.4) is 0 Å². The number of hydrogen-bond acceptors (Lipinski definition) is 10. The molecule has 2 saturated carbocycles. The van der Waals surface area contributed by atoms with Crippen LogP contribution in [0.25, 0.3) is 10.8 Å². The number of carbonyl (C=O) groups excluding carboxylic acids is 3. The molecule has 3 aliphatic heterocycles. The third-order valence-electron chi connectivity index (χ3n) is 12.6. The number of alkyl halides is 3. The molecule has 322 valence electrons. The number of rotatable bonds is 8. The van der Waals surface area contributed by atoms with Crippen molar-refractivity contribution in [3.05, 3.63) is 36.5 Å². The Bertz CT molecular complexity index is 2150. The third-order valence-corrected chi connectivity index (χ3v) is 14.4. The summed E-state index contributed by atoms with van der Waals surface area (Å²) in [6, 6.07) is 1.73. The van der Waals surface area contributed by atoms with Gasteiger partial charge in [-0.3, -0.25) is 24.0 Å². The maximum atomic E-state index is 15.1. The number of hydrogen-bond donors (Lipinski definition) is 3. The van der Waals surface area contributed by atoms with E-state index >= 15 is 4.79 Å². The number of benzene rings is 1. The van der Waals surface area contributed by atoms with E-state index < -0.39 is 92.8 Å². The number of pyridine rings is 1. The van der Waals surface area contributed by atoms with Gasteiger partial charge in [-0.05, 0) is 81.9 Å². The Balaban J connectivity index is 1.29. The number of carboxylic acid groups (broad SMARTS) is 1. The Labute approximate surface area is 340 Å². The second-order valence-corrected chi connectivity index (χ2v) is 18.7. The molecule has 0 spiro atoms. The molecule has 59 heavy (non-hydrogen) atoms. The van der Waals surface area contributed by atoms with Crippen LogP contribution in [-0.2, 0) is 24.4 Å². The van der Waals surface area contributed by atoms with Crippen molar-refractivity contribution in [1.82, 2.24) is 24.8 Å². The second kappa shape index (κ2) is 15.7. The van der Waals surface area contributed by atoms with Crippen molar-refractivity contribution in [3.63, 3.8) is 0 Å². The summed E-state index contributed by atoms with van der Waals surface area (Å²) in [5.74, 6) is -3.50. The molecule has 1 saturated heterocycles. The van der Waals surface area contributed by atoms with Crippen LogP contribution in [0.2, 0.25) is 0 Å². The van der Waals surface area contributed by atoms with Gasteiger partial charge in [-0.1, -0.05) is 32.9 Å². The highest BCUT2D eigenvalue weighted by Crippen LogP contribution is 2.47. The first-order valence-corrected chi connectivity index (χ1v) is 21.6. The normalized spacial score (nSPS) is 30.4. The molecule has 4 heterocycles. The molecule has 19 heteroatoms. The molecule has 1 unspecified atom stereocenters. The third kappa shape index (κ3) is 7.98. The number of nitrogens with one attached hydrogen (secondary N) is 2. The van der Waals surface area contributed by atoms with E-state index in [2.05, 4.69) is 15.0 Å². The number of nitrogens with zero attached hydrogens (tertiary/aromatic N) is 3. The summed E-state index contributed by atoms with van der Waals surface area (Å²) in [4.78, 5) is 62.3. The molecule has 3 N–H and O–H groups in total. The highest BCUT2D eigenvalue weighted by Gasteiger charge is 2.63. The molecule has 2 aliphatic carbocycles. The lowest BCUT2D eigenvalue weighted by atomic mass is 9.84. The summed E-state index contributed by atoms with van der Waals surface area (Å²) in [6.07, 6.45) is -1.98. The molecular formula is C40H50F3N5O10S. The molecule has 7 rings (SSSR count). The highest BCUT2D eigenvalue weighted by molar-refractivity contribution is 7.91. The fourth-order valence-corrected chi connectivity index (χ4v) is 10.1. The van der Waals surface area contributed by atoms with Crippen LogP contribution in [0.1, 0.15) is 79.1 Å². The molecule has 0 bridgehead atoms. The maximum Gasteiger partial charge on any atom is 0.411 e. The molecule has 3 fully saturated rings. The average Bonchev–Trinajstić information content (AvgIpc) is 4.11. The van der Waals surface area contributed by atoms with Gasteiger partial charge in [-0.2, -0.15) is 13.2 Å². The number of halogens is 3. The van der Waals surface area contributed by atoms with Crippen LogP contribution < -0.4 is 24.2 Å². The molecule has 1 aromatic carbocycles. The van der Waals surface area contributed by atoms with Crippen molar-refractivity contribution in [3.8, 4) is 17.4 Å². The van der Waals surface area contributed by atoms with Crippen LogP contribution in [0.4, 0.5) is 18.0 Å². The number of sulfonamides is 1. The van der Waals surface area contributed by atoms with E-state index in [0.717, 1.165) is 11.8 Å². The molecule has 4 amide bonds. The molecule has 2 aromatic rings. The lowest BCUT2D eigenvalue weighted by molar-refractivity contribution is -0.229. The molecule has 15 nitrogen and oxygen atoms in total. The maximum absolute atomic E-state index is 15.1. The van der Waals surface area contributed by atoms with Crippen molar-refractivity contribution < 1.29 is 60.1 Å². The molecule has 8 atom stereocenters. The summed E-state index contributed by atoms with van der Waals surface area (Å²) in [7, 11) is -4.03. The quantitative estimate of drug-likeness (QED) is 0.305. The Morgan fingerprint density at radius 2 is 1.83 bits per heavy atom. The fraction of sp³-hybridized carbons (Fsp3) is 0.625. The van der Waals surface area contributed by atoms with Crippen LogP contribution in [0, 0.1) is 17.8 Å². The number of aromatic nitrogens is 1. The van der Waals surface area contributed by atoms with Gasteiger partial charge in [0, 0.05) is 29.3 Å². The number of fused-ring (bicyclic) bond motifs is 5. The van der Waals surface area contributed by atoms with E-state index in [1.807, 2.05) is 13.0 Å². The van der Waals surface area contributed by atoms with E-state index in [9.17, 15) is 41.1 Å². The van der Waals surface area contributed by atoms with Crippen molar-refractivity contribution in [2.24, 2.45) is 17.8 Å². The lowest BCUT2D eigenvalue weighted by Crippen LogP contribution is -2.67. The summed E-state index contributed by atoms with van der Waals surface area (Å²) in [5, 5.41) is 13.7. The SMILES string of the molecule is CCC(C)(N(C(=O)O)[C@@H]1C(=O)N2C[C@H](Oc3nccc4c5c(ccc34)OCCO5)C[C@H]2C(=O)N[C@]2(C(=O)NS(=O)(=O)C3CC3)C[C@H]2/C=C\CC[C@@H](C)C[C@H]1C)C(F)(F)F. The number of ether oxygens (including phenoxy) is 3. The predicted molar refractivity (Wildman–Crippen MR) is 206 cm³/mol. The summed E-state index contributed by atoms with van der Waals surface area (Å²) < 4.78 is 90.9. The van der Waals surface area contributed by atoms with Crippen molar-refractivity contribution in [1.29, 1.82) is 0 Å². The topological polar surface area (TPSA) is 194 Å². The zero-order valence-corrected chi connectivity index (χ0v) is 34.1. The fourth-order valence-electron chi connectivity index (χ4n) is 8.78. The van der Waals surface area contributed by atoms with Crippen molar-refractivity contribution >= 4 is 44.6 Å². The minimum Gasteiger partial charge on any atom is -0.486 e. The van der Waals surface area contributed by atoms with Gasteiger partial charge in [0.05, 0.1) is 11.8 Å². The number of allylic oxidation sites excluding steroid dienone is 1. The van der Waals surface area contributed by atoms with E-state index in [4.69, 9.17) is 14.2 Å². The standard InChI is InChI=1S/C40H50F3N5O10S/c1-5-38(4,40(41,42)43)48(37(52)53)31-23(3)18-22(2)8-6-7-9-24-20-39(24,36(51)46-59(54,55)26-10-11-26)45-33(49)29-19-25(21-47(29)35(31)50)58-34-28-12-13-30-32(57-17-16-56-30)27(28)14-15-44-34/h7,9,12-15,22-26,29,31H,5-6,8,10-11,16-21H2,1-4H3,(H,45,49)(H,46,51)(H,52,53)/b9-7-/t22-,23-,24-,25-,29+,31+,38?,39-/m1/s1. The van der Waals surface area contributed by atoms with Gasteiger partial charge < -0.3 is 29.5 Å². The first kappa shape index (κ1) is 42.3. The van der Waals surface area contributed by atoms with Gasteiger partial charge >= 0.3 is 12.3 Å². The lowest BCUT2D eigenvalue weighted by Gasteiger charge is -2.47. The zero-order valence-electron chi connectivity index (χ0n) is 33.3. The van der Waals surface area contributed by atoms with E-state index in [1.165, 1.54) is 20.0 Å². The molecule has 5 aliphatic rings.